The van der Waals surface area contributed by atoms with Gasteiger partial charge in [0.1, 0.15) is 11.7 Å². The van der Waals surface area contributed by atoms with Crippen molar-refractivity contribution in [2.24, 2.45) is 4.99 Å². The Balaban J connectivity index is 1.35. The highest BCUT2D eigenvalue weighted by molar-refractivity contribution is 6.04. The molecule has 0 radical (unpaired) electrons. The van der Waals surface area contributed by atoms with Crippen LogP contribution in [-0.2, 0) is 0 Å². The van der Waals surface area contributed by atoms with Gasteiger partial charge in [0.2, 0.25) is 0 Å². The van der Waals surface area contributed by atoms with Gasteiger partial charge >= 0.3 is 0 Å². The molecule has 1 unspecified atom stereocenters. The van der Waals surface area contributed by atoms with Crippen molar-refractivity contribution in [2.75, 3.05) is 0 Å². The number of aliphatic imine (C=N–C) groups is 1. The SMILES string of the molecule is C1=C(c2ccccc2)N=C(c2cccc(-c3nc4ccccc4n3-c3ccccc3)c2)NC1c1ccccc1. The number of rotatable bonds is 5. The largest absolute Gasteiger partial charge is 0.359 e. The van der Waals surface area contributed by atoms with Gasteiger partial charge in [0.15, 0.2) is 0 Å². The van der Waals surface area contributed by atoms with E-state index in [1.807, 2.05) is 24.3 Å². The van der Waals surface area contributed by atoms with E-state index in [9.17, 15) is 0 Å². The molecule has 2 heterocycles. The molecular weight excluding hydrogens is 476 g/mol. The first-order valence-corrected chi connectivity index (χ1v) is 13.1. The standard InChI is InChI=1S/C35H26N4/c1-4-13-25(14-5-1)31-24-32(26-15-6-2-7-16-26)37-34(36-31)27-17-12-18-28(23-27)35-38-30-21-10-11-22-33(30)39(35)29-19-8-3-9-20-29/h1-24,31H,(H,36,37). The van der Waals surface area contributed by atoms with E-state index in [-0.39, 0.29) is 6.04 Å². The average Bonchev–Trinajstić information content (AvgIpc) is 3.42. The van der Waals surface area contributed by atoms with Crippen LogP contribution in [0.2, 0.25) is 0 Å². The molecule has 0 bridgehead atoms. The molecule has 1 aromatic heterocycles. The van der Waals surface area contributed by atoms with Crippen LogP contribution in [0.4, 0.5) is 0 Å². The Morgan fingerprint density at radius 3 is 2.03 bits per heavy atom. The van der Waals surface area contributed by atoms with E-state index in [2.05, 4.69) is 131 Å². The summed E-state index contributed by atoms with van der Waals surface area (Å²) < 4.78 is 2.23. The summed E-state index contributed by atoms with van der Waals surface area (Å²) in [6.07, 6.45) is 2.20. The molecule has 0 saturated carbocycles. The van der Waals surface area contributed by atoms with Gasteiger partial charge in [-0.3, -0.25) is 4.57 Å². The Morgan fingerprint density at radius 2 is 1.23 bits per heavy atom. The number of benzene rings is 5. The molecule has 186 valence electrons. The minimum absolute atomic E-state index is 0.00598. The molecule has 4 heteroatoms. The fraction of sp³-hybridized carbons (Fsp3) is 0.0286. The molecular formula is C35H26N4. The maximum absolute atomic E-state index is 5.10. The first kappa shape index (κ1) is 22.9. The third-order valence-corrected chi connectivity index (χ3v) is 7.05. The third-order valence-electron chi connectivity index (χ3n) is 7.05. The Bertz CT molecular complexity index is 1820. The van der Waals surface area contributed by atoms with Crippen LogP contribution in [-0.4, -0.2) is 15.4 Å². The molecule has 39 heavy (non-hydrogen) atoms. The van der Waals surface area contributed by atoms with Crippen molar-refractivity contribution in [1.29, 1.82) is 0 Å². The van der Waals surface area contributed by atoms with Crippen molar-refractivity contribution in [1.82, 2.24) is 14.9 Å². The van der Waals surface area contributed by atoms with Crippen LogP contribution in [0.1, 0.15) is 22.7 Å². The summed E-state index contributed by atoms with van der Waals surface area (Å²) in [6, 6.07) is 48.1. The smallest absolute Gasteiger partial charge is 0.145 e. The second kappa shape index (κ2) is 9.92. The molecule has 5 aromatic carbocycles. The molecule has 0 fully saturated rings. The third kappa shape index (κ3) is 4.42. The van der Waals surface area contributed by atoms with Gasteiger partial charge in [-0.2, -0.15) is 0 Å². The fourth-order valence-electron chi connectivity index (χ4n) is 5.16. The zero-order chi connectivity index (χ0) is 26.0. The minimum Gasteiger partial charge on any atom is -0.359 e. The van der Waals surface area contributed by atoms with E-state index >= 15 is 0 Å². The number of hydrogen-bond acceptors (Lipinski definition) is 3. The van der Waals surface area contributed by atoms with Gasteiger partial charge in [0.25, 0.3) is 0 Å². The zero-order valence-corrected chi connectivity index (χ0v) is 21.3. The summed E-state index contributed by atoms with van der Waals surface area (Å²) in [5, 5.41) is 3.68. The van der Waals surface area contributed by atoms with Gasteiger partial charge in [-0.25, -0.2) is 9.98 Å². The quantitative estimate of drug-likeness (QED) is 0.261. The van der Waals surface area contributed by atoms with Crippen LogP contribution in [0.25, 0.3) is 33.8 Å². The molecule has 6 aromatic rings. The van der Waals surface area contributed by atoms with Crippen LogP contribution >= 0.6 is 0 Å². The predicted molar refractivity (Wildman–Crippen MR) is 160 cm³/mol. The van der Waals surface area contributed by atoms with Gasteiger partial charge in [-0.15, -0.1) is 0 Å². The lowest BCUT2D eigenvalue weighted by atomic mass is 10.00. The topological polar surface area (TPSA) is 42.2 Å². The van der Waals surface area contributed by atoms with E-state index in [4.69, 9.17) is 9.98 Å². The predicted octanol–water partition coefficient (Wildman–Crippen LogP) is 7.82. The maximum atomic E-state index is 5.10. The van der Waals surface area contributed by atoms with Gasteiger partial charge < -0.3 is 5.32 Å². The Hall–Kier alpha value is -5.22. The van der Waals surface area contributed by atoms with Crippen molar-refractivity contribution in [3.05, 3.63) is 162 Å². The molecule has 0 amide bonds. The minimum atomic E-state index is 0.00598. The molecule has 1 aliphatic rings. The van der Waals surface area contributed by atoms with E-state index < -0.39 is 0 Å². The second-order valence-corrected chi connectivity index (χ2v) is 9.59. The van der Waals surface area contributed by atoms with Crippen LogP contribution in [0.5, 0.6) is 0 Å². The lowest BCUT2D eigenvalue weighted by Gasteiger charge is -2.24. The Kier molecular flexibility index (Phi) is 5.83. The molecule has 1 N–H and O–H groups in total. The highest BCUT2D eigenvalue weighted by atomic mass is 15.1. The molecule has 0 saturated heterocycles. The first-order valence-electron chi connectivity index (χ1n) is 13.1. The van der Waals surface area contributed by atoms with Crippen molar-refractivity contribution in [3.8, 4) is 17.1 Å². The van der Waals surface area contributed by atoms with Crippen LogP contribution < -0.4 is 5.32 Å². The lowest BCUT2D eigenvalue weighted by molar-refractivity contribution is 0.781. The van der Waals surface area contributed by atoms with Crippen LogP contribution in [0.3, 0.4) is 0 Å². The molecule has 1 aliphatic heterocycles. The number of para-hydroxylation sites is 3. The monoisotopic (exact) mass is 502 g/mol. The summed E-state index contributed by atoms with van der Waals surface area (Å²) in [6.45, 7) is 0. The highest BCUT2D eigenvalue weighted by Gasteiger charge is 2.21. The van der Waals surface area contributed by atoms with E-state index in [0.29, 0.717) is 0 Å². The zero-order valence-electron chi connectivity index (χ0n) is 21.3. The van der Waals surface area contributed by atoms with Crippen LogP contribution in [0.15, 0.2) is 151 Å². The van der Waals surface area contributed by atoms with Crippen molar-refractivity contribution < 1.29 is 0 Å². The first-order chi connectivity index (χ1) is 19.3. The van der Waals surface area contributed by atoms with E-state index in [1.54, 1.807) is 0 Å². The van der Waals surface area contributed by atoms with E-state index in [0.717, 1.165) is 50.8 Å². The number of amidine groups is 1. The molecule has 0 aliphatic carbocycles. The molecule has 7 rings (SSSR count). The number of imidazole rings is 1. The average molecular weight is 503 g/mol. The highest BCUT2D eigenvalue weighted by Crippen LogP contribution is 2.31. The number of fused-ring (bicyclic) bond motifs is 1. The van der Waals surface area contributed by atoms with Crippen molar-refractivity contribution >= 4 is 22.6 Å². The number of hydrogen-bond donors (Lipinski definition) is 1. The Labute approximate surface area is 227 Å². The summed E-state index contributed by atoms with van der Waals surface area (Å²) in [7, 11) is 0. The second-order valence-electron chi connectivity index (χ2n) is 9.59. The maximum Gasteiger partial charge on any atom is 0.145 e. The number of nitrogens with one attached hydrogen (secondary N) is 1. The number of aromatic nitrogens is 2. The summed E-state index contributed by atoms with van der Waals surface area (Å²) in [4.78, 5) is 10.2. The Morgan fingerprint density at radius 1 is 0.590 bits per heavy atom. The molecule has 1 atom stereocenters. The van der Waals surface area contributed by atoms with Gasteiger partial charge in [0, 0.05) is 16.8 Å². The number of nitrogens with zero attached hydrogens (tertiary/aromatic N) is 3. The fourth-order valence-corrected chi connectivity index (χ4v) is 5.16. The van der Waals surface area contributed by atoms with Crippen molar-refractivity contribution in [3.63, 3.8) is 0 Å². The molecule has 0 spiro atoms. The van der Waals surface area contributed by atoms with Crippen LogP contribution in [0, 0.1) is 0 Å². The molecule has 4 nitrogen and oxygen atoms in total. The van der Waals surface area contributed by atoms with Gasteiger partial charge in [-0.05, 0) is 47.5 Å². The summed E-state index contributed by atoms with van der Waals surface area (Å²) in [5.74, 6) is 1.74. The lowest BCUT2D eigenvalue weighted by Crippen LogP contribution is -2.31. The van der Waals surface area contributed by atoms with Gasteiger partial charge in [0.05, 0.1) is 22.8 Å². The van der Waals surface area contributed by atoms with Crippen molar-refractivity contribution in [2.45, 2.75) is 6.04 Å². The summed E-state index contributed by atoms with van der Waals surface area (Å²) in [5.41, 5.74) is 8.42. The van der Waals surface area contributed by atoms with E-state index in [1.165, 1.54) is 5.56 Å². The summed E-state index contributed by atoms with van der Waals surface area (Å²) >= 11 is 0. The van der Waals surface area contributed by atoms with Gasteiger partial charge in [-0.1, -0.05) is 109 Å². The normalized spacial score (nSPS) is 14.9.